The van der Waals surface area contributed by atoms with E-state index in [1.54, 1.807) is 11.3 Å². The molecular weight excluding hydrogens is 388 g/mol. The van der Waals surface area contributed by atoms with E-state index in [0.29, 0.717) is 13.2 Å². The van der Waals surface area contributed by atoms with Crippen molar-refractivity contribution >= 4 is 17.3 Å². The summed E-state index contributed by atoms with van der Waals surface area (Å²) < 4.78 is 13.9. The molecule has 2 aromatic rings. The van der Waals surface area contributed by atoms with Crippen molar-refractivity contribution in [3.63, 3.8) is 0 Å². The number of aromatic nitrogens is 3. The van der Waals surface area contributed by atoms with Crippen LogP contribution >= 0.6 is 11.3 Å². The minimum absolute atomic E-state index is 0.104. The minimum Gasteiger partial charge on any atom is -0.375 e. The van der Waals surface area contributed by atoms with Gasteiger partial charge in [-0.2, -0.15) is 0 Å². The number of aliphatic imine (C=N–C) groups is 1. The molecule has 0 aromatic carbocycles. The Hall–Kier alpha value is -1.97. The lowest BCUT2D eigenvalue weighted by molar-refractivity contribution is -0.0817. The third-order valence-electron chi connectivity index (χ3n) is 5.56. The standard InChI is InChI=1S/C20H30N6O2S/c1-15-23-24-19(25(15)2)13-22-20(21-8-7-16-5-4-12-29-16)26-9-11-28-18(14-26)17-6-3-10-27-17/h4-5,12,17-18H,3,6-11,13-14H2,1-2H3,(H,21,22). The van der Waals surface area contributed by atoms with Crippen LogP contribution in [0.25, 0.3) is 0 Å². The summed E-state index contributed by atoms with van der Waals surface area (Å²) in [5.74, 6) is 2.67. The van der Waals surface area contributed by atoms with Crippen LogP contribution in [0.3, 0.4) is 0 Å². The van der Waals surface area contributed by atoms with Gasteiger partial charge in [0.05, 0.1) is 12.7 Å². The molecule has 2 aromatic heterocycles. The smallest absolute Gasteiger partial charge is 0.194 e. The lowest BCUT2D eigenvalue weighted by Crippen LogP contribution is -2.53. The van der Waals surface area contributed by atoms with Gasteiger partial charge in [0, 0.05) is 38.2 Å². The van der Waals surface area contributed by atoms with E-state index in [-0.39, 0.29) is 12.2 Å². The summed E-state index contributed by atoms with van der Waals surface area (Å²) in [6, 6.07) is 4.27. The van der Waals surface area contributed by atoms with E-state index in [1.807, 2.05) is 18.5 Å². The monoisotopic (exact) mass is 418 g/mol. The van der Waals surface area contributed by atoms with Crippen LogP contribution in [0.2, 0.25) is 0 Å². The van der Waals surface area contributed by atoms with Crippen molar-refractivity contribution in [1.82, 2.24) is 25.0 Å². The quantitative estimate of drug-likeness (QED) is 0.569. The van der Waals surface area contributed by atoms with Gasteiger partial charge in [-0.05, 0) is 37.6 Å². The average molecular weight is 419 g/mol. The average Bonchev–Trinajstić information content (AvgIpc) is 3.50. The van der Waals surface area contributed by atoms with Gasteiger partial charge in [-0.15, -0.1) is 21.5 Å². The van der Waals surface area contributed by atoms with E-state index in [0.717, 1.165) is 63.1 Å². The zero-order chi connectivity index (χ0) is 20.1. The molecule has 2 aliphatic rings. The van der Waals surface area contributed by atoms with Gasteiger partial charge < -0.3 is 24.3 Å². The molecule has 1 N–H and O–H groups in total. The Bertz CT molecular complexity index is 800. The van der Waals surface area contributed by atoms with Gasteiger partial charge in [-0.1, -0.05) is 6.07 Å². The molecule has 0 amide bonds. The summed E-state index contributed by atoms with van der Waals surface area (Å²) in [5.41, 5.74) is 0. The first kappa shape index (κ1) is 20.3. The van der Waals surface area contributed by atoms with Crippen LogP contribution in [-0.4, -0.2) is 70.7 Å². The van der Waals surface area contributed by atoms with Crippen LogP contribution in [-0.2, 0) is 29.5 Å². The number of guanidine groups is 1. The first-order chi connectivity index (χ1) is 14.2. The van der Waals surface area contributed by atoms with Gasteiger partial charge in [0.25, 0.3) is 0 Å². The van der Waals surface area contributed by atoms with E-state index in [9.17, 15) is 0 Å². The molecule has 2 saturated heterocycles. The number of ether oxygens (including phenoxy) is 2. The van der Waals surface area contributed by atoms with Gasteiger partial charge in [-0.25, -0.2) is 4.99 Å². The van der Waals surface area contributed by atoms with E-state index >= 15 is 0 Å². The number of morpholine rings is 1. The van der Waals surface area contributed by atoms with Crippen molar-refractivity contribution < 1.29 is 9.47 Å². The maximum atomic E-state index is 6.02. The molecule has 4 rings (SSSR count). The van der Waals surface area contributed by atoms with Crippen molar-refractivity contribution in [2.45, 2.75) is 44.9 Å². The SMILES string of the molecule is Cc1nnc(CN=C(NCCc2cccs2)N2CCOC(C3CCCO3)C2)n1C. The summed E-state index contributed by atoms with van der Waals surface area (Å²) in [5, 5.41) is 14.1. The maximum absolute atomic E-state index is 6.02. The molecule has 2 unspecified atom stereocenters. The number of thiophene rings is 1. The highest BCUT2D eigenvalue weighted by Gasteiger charge is 2.32. The van der Waals surface area contributed by atoms with Crippen molar-refractivity contribution in [3.8, 4) is 0 Å². The minimum atomic E-state index is 0.104. The third-order valence-corrected chi connectivity index (χ3v) is 6.50. The van der Waals surface area contributed by atoms with E-state index in [2.05, 4.69) is 37.9 Å². The largest absolute Gasteiger partial charge is 0.375 e. The Balaban J connectivity index is 1.43. The summed E-state index contributed by atoms with van der Waals surface area (Å²) in [6.45, 7) is 6.46. The third kappa shape index (κ3) is 5.15. The topological polar surface area (TPSA) is 76.8 Å². The second-order valence-corrected chi connectivity index (χ2v) is 8.56. The fourth-order valence-corrected chi connectivity index (χ4v) is 4.45. The number of aryl methyl sites for hydroxylation is 1. The highest BCUT2D eigenvalue weighted by molar-refractivity contribution is 7.09. The highest BCUT2D eigenvalue weighted by Crippen LogP contribution is 2.21. The van der Waals surface area contributed by atoms with Gasteiger partial charge in [-0.3, -0.25) is 0 Å². The van der Waals surface area contributed by atoms with Gasteiger partial charge in [0.2, 0.25) is 0 Å². The summed E-state index contributed by atoms with van der Waals surface area (Å²) in [4.78, 5) is 8.56. The molecule has 29 heavy (non-hydrogen) atoms. The van der Waals surface area contributed by atoms with Gasteiger partial charge >= 0.3 is 0 Å². The first-order valence-corrected chi connectivity index (χ1v) is 11.2. The normalized spacial score (nSPS) is 23.0. The molecule has 158 valence electrons. The lowest BCUT2D eigenvalue weighted by atomic mass is 10.1. The predicted octanol–water partition coefficient (Wildman–Crippen LogP) is 1.75. The first-order valence-electron chi connectivity index (χ1n) is 10.3. The molecule has 2 fully saturated rings. The number of hydrogen-bond acceptors (Lipinski definition) is 6. The van der Waals surface area contributed by atoms with Crippen molar-refractivity contribution in [2.24, 2.45) is 12.0 Å². The van der Waals surface area contributed by atoms with Crippen LogP contribution in [0.5, 0.6) is 0 Å². The molecule has 0 bridgehead atoms. The van der Waals surface area contributed by atoms with Crippen molar-refractivity contribution in [2.75, 3.05) is 32.8 Å². The van der Waals surface area contributed by atoms with Gasteiger partial charge in [0.15, 0.2) is 11.8 Å². The molecular formula is C20H30N6O2S. The fraction of sp³-hybridized carbons (Fsp3) is 0.650. The van der Waals surface area contributed by atoms with E-state index in [1.165, 1.54) is 4.88 Å². The molecule has 2 aliphatic heterocycles. The van der Waals surface area contributed by atoms with Crippen LogP contribution in [0, 0.1) is 6.92 Å². The maximum Gasteiger partial charge on any atom is 0.194 e. The number of hydrogen-bond donors (Lipinski definition) is 1. The number of rotatable bonds is 6. The number of nitrogens with zero attached hydrogens (tertiary/aromatic N) is 5. The number of nitrogens with one attached hydrogen (secondary N) is 1. The van der Waals surface area contributed by atoms with Crippen molar-refractivity contribution in [1.29, 1.82) is 0 Å². The molecule has 2 atom stereocenters. The zero-order valence-corrected chi connectivity index (χ0v) is 18.0. The summed E-state index contributed by atoms with van der Waals surface area (Å²) >= 11 is 1.79. The summed E-state index contributed by atoms with van der Waals surface area (Å²) in [7, 11) is 1.98. The predicted molar refractivity (Wildman–Crippen MR) is 113 cm³/mol. The van der Waals surface area contributed by atoms with Crippen molar-refractivity contribution in [3.05, 3.63) is 34.0 Å². The lowest BCUT2D eigenvalue weighted by Gasteiger charge is -2.37. The Labute approximate surface area is 175 Å². The van der Waals surface area contributed by atoms with E-state index in [4.69, 9.17) is 14.5 Å². The fourth-order valence-electron chi connectivity index (χ4n) is 3.74. The molecule has 0 spiro atoms. The molecule has 8 nitrogen and oxygen atoms in total. The van der Waals surface area contributed by atoms with Crippen LogP contribution in [0.15, 0.2) is 22.5 Å². The van der Waals surface area contributed by atoms with E-state index < -0.39 is 0 Å². The highest BCUT2D eigenvalue weighted by atomic mass is 32.1. The van der Waals surface area contributed by atoms with Gasteiger partial charge in [0.1, 0.15) is 18.5 Å². The second-order valence-electron chi connectivity index (χ2n) is 7.53. The summed E-state index contributed by atoms with van der Waals surface area (Å²) in [6.07, 6.45) is 3.49. The molecule has 9 heteroatoms. The Morgan fingerprint density at radius 3 is 2.93 bits per heavy atom. The second kappa shape index (κ2) is 9.69. The Kier molecular flexibility index (Phi) is 6.78. The Morgan fingerprint density at radius 1 is 1.31 bits per heavy atom. The zero-order valence-electron chi connectivity index (χ0n) is 17.2. The van der Waals surface area contributed by atoms with Crippen LogP contribution < -0.4 is 5.32 Å². The molecule has 0 radical (unpaired) electrons. The Morgan fingerprint density at radius 2 is 2.21 bits per heavy atom. The molecule has 4 heterocycles. The van der Waals surface area contributed by atoms with Crippen LogP contribution in [0.1, 0.15) is 29.4 Å². The molecule has 0 saturated carbocycles. The van der Waals surface area contributed by atoms with Crippen LogP contribution in [0.4, 0.5) is 0 Å². The molecule has 0 aliphatic carbocycles.